The number of fused-ring (bicyclic) bond motifs is 1. The highest BCUT2D eigenvalue weighted by Crippen LogP contribution is 2.30. The first-order valence-corrected chi connectivity index (χ1v) is 6.99. The SMILES string of the molecule is CC(N)n1c(N)nc2c(ncn2[C@@H]2O[C@H](CO)[C@@H](O)[C@H]2O)c1=O. The van der Waals surface area contributed by atoms with Gasteiger partial charge in [0.25, 0.3) is 5.56 Å². The van der Waals surface area contributed by atoms with Gasteiger partial charge >= 0.3 is 0 Å². The van der Waals surface area contributed by atoms with Gasteiger partial charge in [-0.1, -0.05) is 0 Å². The number of ether oxygens (including phenoxy) is 1. The van der Waals surface area contributed by atoms with E-state index in [1.807, 2.05) is 0 Å². The Hall–Kier alpha value is -2.05. The van der Waals surface area contributed by atoms with E-state index in [1.165, 1.54) is 10.9 Å². The fourth-order valence-corrected chi connectivity index (χ4v) is 2.69. The van der Waals surface area contributed by atoms with Crippen LogP contribution < -0.4 is 17.0 Å². The van der Waals surface area contributed by atoms with E-state index in [4.69, 9.17) is 21.3 Å². The van der Waals surface area contributed by atoms with Crippen molar-refractivity contribution < 1.29 is 20.1 Å². The highest BCUT2D eigenvalue weighted by molar-refractivity contribution is 5.71. The van der Waals surface area contributed by atoms with E-state index in [1.54, 1.807) is 6.92 Å². The Bertz CT molecular complexity index is 786. The molecular weight excluding hydrogens is 308 g/mol. The predicted octanol–water partition coefficient (Wildman–Crippen LogP) is -2.74. The van der Waals surface area contributed by atoms with Gasteiger partial charge in [0.2, 0.25) is 5.95 Å². The minimum Gasteiger partial charge on any atom is -0.394 e. The molecule has 1 aliphatic rings. The molecule has 11 nitrogen and oxygen atoms in total. The summed E-state index contributed by atoms with van der Waals surface area (Å²) in [6.45, 7) is 1.11. The molecule has 1 fully saturated rings. The largest absolute Gasteiger partial charge is 0.394 e. The molecule has 1 unspecified atom stereocenters. The second-order valence-electron chi connectivity index (χ2n) is 5.44. The van der Waals surface area contributed by atoms with Crippen molar-refractivity contribution in [1.82, 2.24) is 19.1 Å². The van der Waals surface area contributed by atoms with E-state index >= 15 is 0 Å². The molecule has 0 amide bonds. The number of aromatic nitrogens is 4. The number of aliphatic hydroxyl groups excluding tert-OH is 3. The van der Waals surface area contributed by atoms with Crippen LogP contribution in [0.1, 0.15) is 19.3 Å². The van der Waals surface area contributed by atoms with E-state index in [-0.39, 0.29) is 17.1 Å². The molecule has 2 aromatic heterocycles. The molecule has 0 radical (unpaired) electrons. The van der Waals surface area contributed by atoms with Crippen LogP contribution in [0.4, 0.5) is 5.95 Å². The monoisotopic (exact) mass is 326 g/mol. The molecular formula is C12H18N6O5. The Labute approximate surface area is 129 Å². The lowest BCUT2D eigenvalue weighted by atomic mass is 10.1. The molecule has 1 aliphatic heterocycles. The van der Waals surface area contributed by atoms with Crippen molar-refractivity contribution in [2.45, 2.75) is 37.6 Å². The zero-order chi connectivity index (χ0) is 16.9. The predicted molar refractivity (Wildman–Crippen MR) is 78.1 cm³/mol. The Kier molecular flexibility index (Phi) is 3.82. The first-order chi connectivity index (χ1) is 10.9. The third-order valence-corrected chi connectivity index (χ3v) is 3.85. The summed E-state index contributed by atoms with van der Waals surface area (Å²) in [5.74, 6) is -0.106. The van der Waals surface area contributed by atoms with Gasteiger partial charge in [0.15, 0.2) is 17.4 Å². The summed E-state index contributed by atoms with van der Waals surface area (Å²) in [5.41, 5.74) is 11.0. The summed E-state index contributed by atoms with van der Waals surface area (Å²) in [6, 6.07) is 0. The molecule has 0 spiro atoms. The smallest absolute Gasteiger partial charge is 0.284 e. The third kappa shape index (κ3) is 2.29. The van der Waals surface area contributed by atoms with Gasteiger partial charge in [-0.3, -0.25) is 13.9 Å². The van der Waals surface area contributed by atoms with Crippen molar-refractivity contribution >= 4 is 17.1 Å². The lowest BCUT2D eigenvalue weighted by molar-refractivity contribution is -0.0511. The van der Waals surface area contributed by atoms with E-state index in [0.717, 1.165) is 4.57 Å². The van der Waals surface area contributed by atoms with Crippen LogP contribution in [0.2, 0.25) is 0 Å². The number of imidazole rings is 1. The van der Waals surface area contributed by atoms with Crippen LogP contribution in [0.25, 0.3) is 11.2 Å². The van der Waals surface area contributed by atoms with Gasteiger partial charge < -0.3 is 31.5 Å². The molecule has 7 N–H and O–H groups in total. The molecule has 11 heteroatoms. The van der Waals surface area contributed by atoms with E-state index < -0.39 is 42.9 Å². The molecule has 23 heavy (non-hydrogen) atoms. The van der Waals surface area contributed by atoms with Crippen LogP contribution in [0.3, 0.4) is 0 Å². The van der Waals surface area contributed by atoms with Crippen molar-refractivity contribution in [3.63, 3.8) is 0 Å². The highest BCUT2D eigenvalue weighted by atomic mass is 16.6. The molecule has 126 valence electrons. The summed E-state index contributed by atoms with van der Waals surface area (Å²) in [6.07, 6.45) is -4.02. The number of rotatable bonds is 3. The second kappa shape index (κ2) is 5.54. The van der Waals surface area contributed by atoms with Crippen molar-refractivity contribution in [2.24, 2.45) is 5.73 Å². The Morgan fingerprint density at radius 3 is 2.70 bits per heavy atom. The first-order valence-electron chi connectivity index (χ1n) is 6.99. The average Bonchev–Trinajstić information content (AvgIpc) is 3.01. The van der Waals surface area contributed by atoms with Gasteiger partial charge in [-0.2, -0.15) is 4.98 Å². The van der Waals surface area contributed by atoms with Crippen LogP contribution in [-0.2, 0) is 4.74 Å². The molecule has 3 rings (SSSR count). The Morgan fingerprint density at radius 1 is 1.43 bits per heavy atom. The van der Waals surface area contributed by atoms with Gasteiger partial charge in [-0.05, 0) is 6.92 Å². The zero-order valence-corrected chi connectivity index (χ0v) is 12.3. The van der Waals surface area contributed by atoms with Crippen LogP contribution in [0.15, 0.2) is 11.1 Å². The number of nitrogens with zero attached hydrogens (tertiary/aromatic N) is 4. The summed E-state index contributed by atoms with van der Waals surface area (Å²) in [4.78, 5) is 20.5. The van der Waals surface area contributed by atoms with Crippen molar-refractivity contribution in [2.75, 3.05) is 12.3 Å². The lowest BCUT2D eigenvalue weighted by Crippen LogP contribution is -2.33. The maximum absolute atomic E-state index is 12.4. The molecule has 3 heterocycles. The molecule has 5 atom stereocenters. The van der Waals surface area contributed by atoms with Gasteiger partial charge in [0.1, 0.15) is 18.3 Å². The first kappa shape index (κ1) is 15.8. The maximum atomic E-state index is 12.4. The average molecular weight is 326 g/mol. The fourth-order valence-electron chi connectivity index (χ4n) is 2.69. The van der Waals surface area contributed by atoms with Crippen molar-refractivity contribution in [3.8, 4) is 0 Å². The molecule has 0 aliphatic carbocycles. The molecule has 0 aromatic carbocycles. The maximum Gasteiger partial charge on any atom is 0.284 e. The number of nitrogen functional groups attached to an aromatic ring is 1. The zero-order valence-electron chi connectivity index (χ0n) is 12.3. The molecule has 2 aromatic rings. The van der Waals surface area contributed by atoms with Crippen molar-refractivity contribution in [1.29, 1.82) is 0 Å². The van der Waals surface area contributed by atoms with Crippen LogP contribution in [-0.4, -0.2) is 59.3 Å². The van der Waals surface area contributed by atoms with Gasteiger partial charge in [-0.15, -0.1) is 0 Å². The van der Waals surface area contributed by atoms with Crippen LogP contribution >= 0.6 is 0 Å². The Balaban J connectivity index is 2.13. The Morgan fingerprint density at radius 2 is 2.13 bits per heavy atom. The van der Waals surface area contributed by atoms with Crippen LogP contribution in [0, 0.1) is 0 Å². The van der Waals surface area contributed by atoms with E-state index in [9.17, 15) is 15.0 Å². The van der Waals surface area contributed by atoms with Gasteiger partial charge in [0.05, 0.1) is 19.1 Å². The number of hydrogen-bond donors (Lipinski definition) is 5. The normalized spacial score (nSPS) is 29.3. The van der Waals surface area contributed by atoms with Gasteiger partial charge in [-0.25, -0.2) is 4.98 Å². The standard InChI is InChI=1S/C12H18N6O5/c1-4(13)18-10(22)6-9(16-12(18)14)17(3-15-6)11-8(21)7(20)5(2-19)23-11/h3-5,7-8,11,19-21H,2,13H2,1H3,(H2,14,16)/t4?,5-,7-,8-,11-/m1/s1. The van der Waals surface area contributed by atoms with E-state index in [2.05, 4.69) is 9.97 Å². The minimum atomic E-state index is -1.32. The second-order valence-corrected chi connectivity index (χ2v) is 5.44. The third-order valence-electron chi connectivity index (χ3n) is 3.85. The lowest BCUT2D eigenvalue weighted by Gasteiger charge is -2.17. The topological polar surface area (TPSA) is 175 Å². The summed E-state index contributed by atoms with van der Waals surface area (Å²) < 4.78 is 7.79. The van der Waals surface area contributed by atoms with E-state index in [0.29, 0.717) is 0 Å². The number of nitrogens with two attached hydrogens (primary N) is 2. The summed E-state index contributed by atoms with van der Waals surface area (Å²) in [7, 11) is 0. The quantitative estimate of drug-likeness (QED) is 0.401. The number of hydrogen-bond acceptors (Lipinski definition) is 9. The molecule has 0 saturated carbocycles. The minimum absolute atomic E-state index is 0.00855. The summed E-state index contributed by atoms with van der Waals surface area (Å²) >= 11 is 0. The number of anilines is 1. The van der Waals surface area contributed by atoms with Crippen LogP contribution in [0.5, 0.6) is 0 Å². The highest BCUT2D eigenvalue weighted by Gasteiger charge is 2.44. The van der Waals surface area contributed by atoms with Crippen molar-refractivity contribution in [3.05, 3.63) is 16.7 Å². The number of aliphatic hydroxyl groups is 3. The summed E-state index contributed by atoms with van der Waals surface area (Å²) in [5, 5.41) is 29.0. The fraction of sp³-hybridized carbons (Fsp3) is 0.583. The molecule has 0 bridgehead atoms. The molecule has 1 saturated heterocycles. The van der Waals surface area contributed by atoms with Gasteiger partial charge in [0, 0.05) is 0 Å².